The third-order valence-corrected chi connectivity index (χ3v) is 4.36. The van der Waals surface area contributed by atoms with E-state index in [9.17, 15) is 30.0 Å². The van der Waals surface area contributed by atoms with E-state index in [0.29, 0.717) is 12.3 Å². The predicted molar refractivity (Wildman–Crippen MR) is 57.1 cm³/mol. The predicted octanol–water partition coefficient (Wildman–Crippen LogP) is -0.442. The SMILES string of the molecule is NS(=O)(=O)CCS(=O)(=O)c1nccc(C(F)(F)F)n1. The maximum Gasteiger partial charge on any atom is 0.433 e. The summed E-state index contributed by atoms with van der Waals surface area (Å²) in [5.74, 6) is -1.93. The highest BCUT2D eigenvalue weighted by molar-refractivity contribution is 7.94. The molecule has 0 saturated carbocycles. The van der Waals surface area contributed by atoms with Crippen molar-refractivity contribution in [2.75, 3.05) is 11.5 Å². The van der Waals surface area contributed by atoms with Crippen molar-refractivity contribution < 1.29 is 30.0 Å². The van der Waals surface area contributed by atoms with E-state index in [2.05, 4.69) is 15.1 Å². The van der Waals surface area contributed by atoms with Crippen LogP contribution in [0.3, 0.4) is 0 Å². The molecule has 0 atom stereocenters. The van der Waals surface area contributed by atoms with Crippen LogP contribution in [0.15, 0.2) is 17.4 Å². The summed E-state index contributed by atoms with van der Waals surface area (Å²) in [4.78, 5) is 6.05. The minimum Gasteiger partial charge on any atom is -0.229 e. The molecule has 0 amide bonds. The minimum atomic E-state index is -4.83. The summed E-state index contributed by atoms with van der Waals surface area (Å²) in [6, 6.07) is 0.499. The molecule has 0 fully saturated rings. The lowest BCUT2D eigenvalue weighted by molar-refractivity contribution is -0.141. The van der Waals surface area contributed by atoms with Gasteiger partial charge in [-0.2, -0.15) is 13.2 Å². The van der Waals surface area contributed by atoms with E-state index < -0.39 is 48.4 Å². The number of sulfone groups is 1. The average Bonchev–Trinajstić information content (AvgIpc) is 2.25. The Bertz CT molecular complexity index is 669. The van der Waals surface area contributed by atoms with Gasteiger partial charge in [-0.1, -0.05) is 0 Å². The Morgan fingerprint density at radius 2 is 1.74 bits per heavy atom. The molecule has 1 aromatic rings. The van der Waals surface area contributed by atoms with Crippen molar-refractivity contribution in [3.05, 3.63) is 18.0 Å². The van der Waals surface area contributed by atoms with Crippen molar-refractivity contribution >= 4 is 19.9 Å². The number of hydrogen-bond donors (Lipinski definition) is 1. The van der Waals surface area contributed by atoms with Crippen LogP contribution in [0.2, 0.25) is 0 Å². The van der Waals surface area contributed by atoms with Crippen molar-refractivity contribution in [2.45, 2.75) is 11.3 Å². The molecule has 108 valence electrons. The monoisotopic (exact) mass is 319 g/mol. The van der Waals surface area contributed by atoms with E-state index in [1.165, 1.54) is 0 Å². The highest BCUT2D eigenvalue weighted by Crippen LogP contribution is 2.27. The molecule has 0 saturated heterocycles. The van der Waals surface area contributed by atoms with E-state index in [0.717, 1.165) is 0 Å². The first-order valence-electron chi connectivity index (χ1n) is 4.55. The van der Waals surface area contributed by atoms with Crippen molar-refractivity contribution in [2.24, 2.45) is 5.14 Å². The standard InChI is InChI=1S/C7H8F3N3O4S2/c8-7(9,10)5-1-2-12-6(13-5)18(14,15)3-4-19(11,16)17/h1-2H,3-4H2,(H2,11,16,17). The first-order chi connectivity index (χ1) is 8.42. The van der Waals surface area contributed by atoms with Crippen LogP contribution in [0.25, 0.3) is 0 Å². The molecule has 7 nitrogen and oxygen atoms in total. The second kappa shape index (κ2) is 5.02. The zero-order valence-corrected chi connectivity index (χ0v) is 10.8. The highest BCUT2D eigenvalue weighted by atomic mass is 32.2. The van der Waals surface area contributed by atoms with Gasteiger partial charge < -0.3 is 0 Å². The molecule has 0 aliphatic heterocycles. The molecular weight excluding hydrogens is 311 g/mol. The van der Waals surface area contributed by atoms with Crippen LogP contribution in [-0.4, -0.2) is 38.3 Å². The maximum absolute atomic E-state index is 12.3. The minimum absolute atomic E-state index is 0.499. The zero-order valence-electron chi connectivity index (χ0n) is 9.12. The van der Waals surface area contributed by atoms with Crippen LogP contribution in [0.4, 0.5) is 13.2 Å². The topological polar surface area (TPSA) is 120 Å². The van der Waals surface area contributed by atoms with Crippen LogP contribution in [0, 0.1) is 0 Å². The number of primary sulfonamides is 1. The Hall–Kier alpha value is -1.27. The molecule has 1 heterocycles. The summed E-state index contributed by atoms with van der Waals surface area (Å²) in [6.07, 6.45) is -4.20. The third kappa shape index (κ3) is 4.72. The molecule has 1 rings (SSSR count). The Kier molecular flexibility index (Phi) is 4.17. The van der Waals surface area contributed by atoms with Crippen LogP contribution in [0.1, 0.15) is 5.69 Å². The van der Waals surface area contributed by atoms with Gasteiger partial charge in [0.15, 0.2) is 0 Å². The van der Waals surface area contributed by atoms with E-state index >= 15 is 0 Å². The zero-order chi connectivity index (χ0) is 14.9. The van der Waals surface area contributed by atoms with Gasteiger partial charge in [0.2, 0.25) is 25.0 Å². The molecule has 0 aliphatic carbocycles. The van der Waals surface area contributed by atoms with E-state index in [1.54, 1.807) is 0 Å². The molecule has 0 aromatic carbocycles. The van der Waals surface area contributed by atoms with Crippen LogP contribution >= 0.6 is 0 Å². The number of rotatable bonds is 4. The molecule has 1 aromatic heterocycles. The normalized spacial score (nSPS) is 13.5. The van der Waals surface area contributed by atoms with Crippen LogP contribution in [-0.2, 0) is 26.0 Å². The molecule has 0 spiro atoms. The second-order valence-corrected chi connectivity index (χ2v) is 7.14. The van der Waals surface area contributed by atoms with Gasteiger partial charge in [-0.25, -0.2) is 31.9 Å². The van der Waals surface area contributed by atoms with Crippen molar-refractivity contribution in [3.8, 4) is 0 Å². The number of nitrogens with zero attached hydrogens (tertiary/aromatic N) is 2. The number of nitrogens with two attached hydrogens (primary N) is 1. The van der Waals surface area contributed by atoms with Crippen molar-refractivity contribution in [1.29, 1.82) is 0 Å². The van der Waals surface area contributed by atoms with Gasteiger partial charge in [-0.05, 0) is 6.07 Å². The van der Waals surface area contributed by atoms with E-state index in [4.69, 9.17) is 0 Å². The van der Waals surface area contributed by atoms with Crippen LogP contribution in [0.5, 0.6) is 0 Å². The Balaban J connectivity index is 3.09. The summed E-state index contributed by atoms with van der Waals surface area (Å²) in [5.41, 5.74) is -1.43. The maximum atomic E-state index is 12.3. The molecule has 0 unspecified atom stereocenters. The first-order valence-corrected chi connectivity index (χ1v) is 7.92. The van der Waals surface area contributed by atoms with Crippen LogP contribution < -0.4 is 5.14 Å². The average molecular weight is 319 g/mol. The van der Waals surface area contributed by atoms with Gasteiger partial charge in [-0.3, -0.25) is 0 Å². The summed E-state index contributed by atoms with van der Waals surface area (Å²) in [7, 11) is -8.42. The summed E-state index contributed by atoms with van der Waals surface area (Å²) in [5, 5.41) is 3.52. The quantitative estimate of drug-likeness (QED) is 0.751. The summed E-state index contributed by atoms with van der Waals surface area (Å²) in [6.45, 7) is 0. The fourth-order valence-electron chi connectivity index (χ4n) is 0.966. The van der Waals surface area contributed by atoms with Gasteiger partial charge in [0, 0.05) is 6.20 Å². The molecule has 12 heteroatoms. The number of sulfonamides is 1. The lowest BCUT2D eigenvalue weighted by Crippen LogP contribution is -2.24. The molecule has 0 radical (unpaired) electrons. The van der Waals surface area contributed by atoms with Gasteiger partial charge in [-0.15, -0.1) is 0 Å². The fraction of sp³-hybridized carbons (Fsp3) is 0.429. The molecule has 19 heavy (non-hydrogen) atoms. The molecule has 0 aliphatic rings. The number of aromatic nitrogens is 2. The van der Waals surface area contributed by atoms with Gasteiger partial charge >= 0.3 is 6.18 Å². The lowest BCUT2D eigenvalue weighted by Gasteiger charge is -2.07. The van der Waals surface area contributed by atoms with Crippen molar-refractivity contribution in [3.63, 3.8) is 0 Å². The first kappa shape index (κ1) is 15.8. The third-order valence-electron chi connectivity index (χ3n) is 1.84. The van der Waals surface area contributed by atoms with Gasteiger partial charge in [0.25, 0.3) is 0 Å². The second-order valence-electron chi connectivity index (χ2n) is 3.41. The molecular formula is C7H8F3N3O4S2. The Labute approximate surface area is 106 Å². The lowest BCUT2D eigenvalue weighted by atomic mass is 10.4. The van der Waals surface area contributed by atoms with Crippen molar-refractivity contribution in [1.82, 2.24) is 9.97 Å². The smallest absolute Gasteiger partial charge is 0.229 e. The van der Waals surface area contributed by atoms with Gasteiger partial charge in [0.1, 0.15) is 5.69 Å². The number of alkyl halides is 3. The Morgan fingerprint density at radius 3 is 2.21 bits per heavy atom. The van der Waals surface area contributed by atoms with E-state index in [-0.39, 0.29) is 0 Å². The molecule has 0 bridgehead atoms. The summed E-state index contributed by atoms with van der Waals surface area (Å²) >= 11 is 0. The fourth-order valence-corrected chi connectivity index (χ4v) is 3.41. The number of halogens is 3. The highest BCUT2D eigenvalue weighted by Gasteiger charge is 2.34. The summed E-state index contributed by atoms with van der Waals surface area (Å²) < 4.78 is 81.3. The van der Waals surface area contributed by atoms with E-state index in [1.807, 2.05) is 0 Å². The largest absolute Gasteiger partial charge is 0.433 e. The Morgan fingerprint density at radius 1 is 1.16 bits per heavy atom. The van der Waals surface area contributed by atoms with Gasteiger partial charge in [0.05, 0.1) is 11.5 Å². The molecule has 2 N–H and O–H groups in total. The number of hydrogen-bond acceptors (Lipinski definition) is 6.